The predicted octanol–water partition coefficient (Wildman–Crippen LogP) is 1.00. The van der Waals surface area contributed by atoms with Gasteiger partial charge in [0.2, 0.25) is 11.9 Å². The number of anilines is 3. The van der Waals surface area contributed by atoms with Crippen LogP contribution < -0.4 is 20.6 Å². The van der Waals surface area contributed by atoms with E-state index in [2.05, 4.69) is 30.3 Å². The second-order valence-corrected chi connectivity index (χ2v) is 4.43. The molecule has 0 aliphatic carbocycles. The van der Waals surface area contributed by atoms with Gasteiger partial charge in [0.05, 0.1) is 0 Å². The molecule has 130 valence electrons. The van der Waals surface area contributed by atoms with E-state index in [1.165, 1.54) is 31.3 Å². The summed E-state index contributed by atoms with van der Waals surface area (Å²) >= 11 is 0. The Labute approximate surface area is 133 Å². The summed E-state index contributed by atoms with van der Waals surface area (Å²) < 4.78 is 41.1. The maximum absolute atomic E-state index is 12.2. The predicted molar refractivity (Wildman–Crippen MR) is 76.4 cm³/mol. The summed E-state index contributed by atoms with van der Waals surface area (Å²) in [5.41, 5.74) is 0.524. The summed E-state index contributed by atoms with van der Waals surface area (Å²) in [4.78, 5) is 11.3. The summed E-state index contributed by atoms with van der Waals surface area (Å²) in [5, 5.41) is 23.8. The second-order valence-electron chi connectivity index (χ2n) is 4.43. The van der Waals surface area contributed by atoms with E-state index >= 15 is 0 Å². The van der Waals surface area contributed by atoms with Gasteiger partial charge in [0.1, 0.15) is 0 Å². The zero-order valence-corrected chi connectivity index (χ0v) is 12.3. The van der Waals surface area contributed by atoms with Crippen LogP contribution in [0.5, 0.6) is 6.01 Å². The Bertz CT molecular complexity index is 681. The molecule has 2 rings (SSSR count). The number of ether oxygens (including phenoxy) is 1. The van der Waals surface area contributed by atoms with Gasteiger partial charge in [-0.1, -0.05) is 0 Å². The van der Waals surface area contributed by atoms with Gasteiger partial charge in [0.15, 0.2) is 12.3 Å². The van der Waals surface area contributed by atoms with Crippen LogP contribution in [0.4, 0.5) is 36.4 Å². The van der Waals surface area contributed by atoms with Crippen molar-refractivity contribution in [2.45, 2.75) is 6.18 Å². The van der Waals surface area contributed by atoms with E-state index in [-0.39, 0.29) is 17.6 Å². The number of benzene rings is 1. The van der Waals surface area contributed by atoms with Crippen LogP contribution in [-0.4, -0.2) is 40.0 Å². The third kappa shape index (κ3) is 5.19. The minimum Gasteiger partial charge on any atom is -0.595 e. The minimum absolute atomic E-state index is 0.00632. The standard InChI is InChI=1S/C12H13F3N6O3/c1-16-9-18-10(20-11(19-9)24-6-12(13,14)15)17-7-2-4-8(5-3-7)21(22)23/h2-5,21-22H,6H2,1H3,(H2,16,17,18,19,20). The van der Waals surface area contributed by atoms with Gasteiger partial charge >= 0.3 is 12.2 Å². The van der Waals surface area contributed by atoms with E-state index in [1.54, 1.807) is 0 Å². The van der Waals surface area contributed by atoms with Crippen molar-refractivity contribution >= 4 is 23.3 Å². The molecule has 1 aromatic carbocycles. The highest BCUT2D eigenvalue weighted by atomic mass is 19.4. The van der Waals surface area contributed by atoms with Crippen LogP contribution in [0.25, 0.3) is 0 Å². The molecule has 24 heavy (non-hydrogen) atoms. The monoisotopic (exact) mass is 346 g/mol. The van der Waals surface area contributed by atoms with Crippen LogP contribution in [0.2, 0.25) is 0 Å². The minimum atomic E-state index is -4.52. The number of alkyl halides is 3. The Hall–Kier alpha value is -2.70. The Morgan fingerprint density at radius 1 is 1.17 bits per heavy atom. The smallest absolute Gasteiger partial charge is 0.422 e. The highest BCUT2D eigenvalue weighted by Crippen LogP contribution is 2.20. The molecule has 0 bridgehead atoms. The molecule has 9 nitrogen and oxygen atoms in total. The van der Waals surface area contributed by atoms with Gasteiger partial charge < -0.3 is 20.6 Å². The Balaban J connectivity index is 2.16. The zero-order chi connectivity index (χ0) is 17.7. The quantitative estimate of drug-likeness (QED) is 0.572. The number of rotatable bonds is 6. The summed E-state index contributed by atoms with van der Waals surface area (Å²) in [7, 11) is 1.48. The molecule has 1 heterocycles. The fraction of sp³-hybridized carbons (Fsp3) is 0.250. The van der Waals surface area contributed by atoms with E-state index in [0.717, 1.165) is 0 Å². The van der Waals surface area contributed by atoms with Crippen LogP contribution in [0.3, 0.4) is 0 Å². The average Bonchev–Trinajstić information content (AvgIpc) is 2.52. The van der Waals surface area contributed by atoms with Crippen LogP contribution >= 0.6 is 0 Å². The lowest BCUT2D eigenvalue weighted by atomic mass is 10.3. The maximum Gasteiger partial charge on any atom is 0.422 e. The number of hydrogen-bond acceptors (Lipinski definition) is 8. The molecule has 4 N–H and O–H groups in total. The molecule has 0 fully saturated rings. The summed E-state index contributed by atoms with van der Waals surface area (Å²) in [5.74, 6) is -0.0542. The lowest BCUT2D eigenvalue weighted by Crippen LogP contribution is -2.99. The van der Waals surface area contributed by atoms with Crippen molar-refractivity contribution in [3.8, 4) is 6.01 Å². The molecule has 0 spiro atoms. The molecule has 0 aliphatic rings. The summed E-state index contributed by atoms with van der Waals surface area (Å²) in [6.45, 7) is -1.53. The SMILES string of the molecule is CNc1nc(Nc2ccc([NH+]([O-])O)cc2)nc(OCC(F)(F)F)n1. The molecule has 0 aliphatic heterocycles. The third-order valence-electron chi connectivity index (χ3n) is 2.59. The van der Waals surface area contributed by atoms with Crippen LogP contribution in [0.1, 0.15) is 0 Å². The average molecular weight is 346 g/mol. The van der Waals surface area contributed by atoms with Gasteiger partial charge in [0.25, 0.3) is 0 Å². The van der Waals surface area contributed by atoms with Crippen molar-refractivity contribution in [1.82, 2.24) is 15.0 Å². The number of quaternary nitrogens is 1. The van der Waals surface area contributed by atoms with E-state index < -0.39 is 24.0 Å². The molecular formula is C12H13F3N6O3. The fourth-order valence-corrected chi connectivity index (χ4v) is 1.56. The molecule has 0 saturated heterocycles. The lowest BCUT2D eigenvalue weighted by Gasteiger charge is -2.12. The first kappa shape index (κ1) is 17.7. The Morgan fingerprint density at radius 3 is 2.33 bits per heavy atom. The Morgan fingerprint density at radius 2 is 1.79 bits per heavy atom. The summed E-state index contributed by atoms with van der Waals surface area (Å²) in [6, 6.07) is 5.12. The number of nitrogens with zero attached hydrogens (tertiary/aromatic N) is 3. The normalized spacial score (nSPS) is 12.6. The van der Waals surface area contributed by atoms with Crippen molar-refractivity contribution < 1.29 is 28.3 Å². The molecule has 1 unspecified atom stereocenters. The van der Waals surface area contributed by atoms with Crippen molar-refractivity contribution in [2.75, 3.05) is 24.3 Å². The molecule has 2 aromatic rings. The largest absolute Gasteiger partial charge is 0.595 e. The van der Waals surface area contributed by atoms with Crippen molar-refractivity contribution in [3.05, 3.63) is 29.5 Å². The molecule has 0 amide bonds. The van der Waals surface area contributed by atoms with Crippen LogP contribution in [0.15, 0.2) is 24.3 Å². The van der Waals surface area contributed by atoms with Gasteiger partial charge in [-0.2, -0.15) is 33.3 Å². The third-order valence-corrected chi connectivity index (χ3v) is 2.59. The van der Waals surface area contributed by atoms with Gasteiger partial charge in [-0.05, 0) is 12.1 Å². The number of nitrogens with one attached hydrogen (secondary N) is 3. The van der Waals surface area contributed by atoms with Crippen LogP contribution in [-0.2, 0) is 0 Å². The van der Waals surface area contributed by atoms with Gasteiger partial charge in [-0.15, -0.1) is 0 Å². The zero-order valence-electron chi connectivity index (χ0n) is 12.3. The first-order valence-electron chi connectivity index (χ1n) is 6.50. The molecule has 0 saturated carbocycles. The lowest BCUT2D eigenvalue weighted by molar-refractivity contribution is -0.991. The highest BCUT2D eigenvalue weighted by molar-refractivity contribution is 5.56. The van der Waals surface area contributed by atoms with Gasteiger partial charge in [-0.25, -0.2) is 5.21 Å². The molecule has 0 radical (unpaired) electrons. The van der Waals surface area contributed by atoms with Gasteiger partial charge in [0, 0.05) is 24.9 Å². The van der Waals surface area contributed by atoms with Crippen molar-refractivity contribution in [3.63, 3.8) is 0 Å². The topological polar surface area (TPSA) is 120 Å². The first-order chi connectivity index (χ1) is 11.3. The first-order valence-corrected chi connectivity index (χ1v) is 6.50. The molecular weight excluding hydrogens is 333 g/mol. The van der Waals surface area contributed by atoms with E-state index in [4.69, 9.17) is 5.21 Å². The van der Waals surface area contributed by atoms with Crippen molar-refractivity contribution in [2.24, 2.45) is 0 Å². The number of halogens is 3. The second kappa shape index (κ2) is 7.25. The fourth-order valence-electron chi connectivity index (χ4n) is 1.56. The summed E-state index contributed by atoms with van der Waals surface area (Å²) in [6.07, 6.45) is -4.52. The highest BCUT2D eigenvalue weighted by Gasteiger charge is 2.29. The molecule has 1 atom stereocenters. The van der Waals surface area contributed by atoms with E-state index in [0.29, 0.717) is 5.69 Å². The molecule has 12 heteroatoms. The van der Waals surface area contributed by atoms with E-state index in [9.17, 15) is 18.4 Å². The number of aromatic nitrogens is 3. The van der Waals surface area contributed by atoms with Crippen LogP contribution in [0, 0.1) is 5.21 Å². The van der Waals surface area contributed by atoms with E-state index in [1.807, 2.05) is 0 Å². The molecule has 1 aromatic heterocycles. The van der Waals surface area contributed by atoms with Gasteiger partial charge in [-0.3, -0.25) is 0 Å². The Kier molecular flexibility index (Phi) is 5.33. The maximum atomic E-state index is 12.2. The number of hydrogen-bond donors (Lipinski definition) is 4. The van der Waals surface area contributed by atoms with Crippen molar-refractivity contribution in [1.29, 1.82) is 0 Å².